The van der Waals surface area contributed by atoms with Gasteiger partial charge in [0.2, 0.25) is 0 Å². The fourth-order valence-corrected chi connectivity index (χ4v) is 2.26. The predicted octanol–water partition coefficient (Wildman–Crippen LogP) is 3.97. The maximum atomic E-state index is 12.0. The Morgan fingerprint density at radius 3 is 2.30 bits per heavy atom. The lowest BCUT2D eigenvalue weighted by Crippen LogP contribution is -2.29. The zero-order valence-corrected chi connectivity index (χ0v) is 13.7. The van der Waals surface area contributed by atoms with Crippen molar-refractivity contribution in [3.63, 3.8) is 0 Å². The van der Waals surface area contributed by atoms with Gasteiger partial charge in [0.05, 0.1) is 23.0 Å². The maximum Gasteiger partial charge on any atom is 0.314 e. The average Bonchev–Trinajstić information content (AvgIpc) is 2.52. The molecule has 0 saturated heterocycles. The van der Waals surface area contributed by atoms with Crippen LogP contribution in [0.3, 0.4) is 0 Å². The minimum Gasteiger partial charge on any atom is -0.492 e. The highest BCUT2D eigenvalue weighted by Gasteiger charge is 2.17. The SMILES string of the molecule is CCOc1ccccc1NC(=O)C(=O)Nc1ccc(Cl)cc1Cl. The van der Waals surface area contributed by atoms with Crippen LogP contribution < -0.4 is 15.4 Å². The summed E-state index contributed by atoms with van der Waals surface area (Å²) in [5.74, 6) is -1.19. The van der Waals surface area contributed by atoms with E-state index in [2.05, 4.69) is 10.6 Å². The largest absolute Gasteiger partial charge is 0.492 e. The van der Waals surface area contributed by atoms with Crippen molar-refractivity contribution < 1.29 is 14.3 Å². The summed E-state index contributed by atoms with van der Waals surface area (Å²) in [7, 11) is 0. The van der Waals surface area contributed by atoms with E-state index in [1.165, 1.54) is 12.1 Å². The van der Waals surface area contributed by atoms with Crippen LogP contribution in [0.15, 0.2) is 42.5 Å². The first kappa shape index (κ1) is 17.1. The molecule has 0 saturated carbocycles. The molecule has 5 nitrogen and oxygen atoms in total. The molecule has 0 spiro atoms. The molecule has 7 heteroatoms. The molecule has 2 aromatic carbocycles. The predicted molar refractivity (Wildman–Crippen MR) is 91.3 cm³/mol. The Hall–Kier alpha value is -2.24. The van der Waals surface area contributed by atoms with E-state index < -0.39 is 11.8 Å². The number of amides is 2. The molecule has 0 aliphatic heterocycles. The minimum absolute atomic E-state index is 0.244. The van der Waals surface area contributed by atoms with Gasteiger partial charge in [-0.1, -0.05) is 35.3 Å². The third kappa shape index (κ3) is 4.61. The van der Waals surface area contributed by atoms with Crippen molar-refractivity contribution in [2.45, 2.75) is 6.92 Å². The zero-order chi connectivity index (χ0) is 16.8. The maximum absolute atomic E-state index is 12.0. The first-order valence-electron chi connectivity index (χ1n) is 6.80. The van der Waals surface area contributed by atoms with Gasteiger partial charge in [-0.3, -0.25) is 9.59 Å². The highest BCUT2D eigenvalue weighted by Crippen LogP contribution is 2.26. The fourth-order valence-electron chi connectivity index (χ4n) is 1.80. The molecule has 2 aromatic rings. The molecule has 0 heterocycles. The molecule has 2 amide bonds. The van der Waals surface area contributed by atoms with E-state index >= 15 is 0 Å². The molecule has 0 bridgehead atoms. The third-order valence-corrected chi connectivity index (χ3v) is 3.37. The summed E-state index contributed by atoms with van der Waals surface area (Å²) >= 11 is 11.7. The molecular weight excluding hydrogens is 339 g/mol. The smallest absolute Gasteiger partial charge is 0.314 e. The number of para-hydroxylation sites is 2. The first-order valence-corrected chi connectivity index (χ1v) is 7.56. The van der Waals surface area contributed by atoms with Gasteiger partial charge in [-0.05, 0) is 37.3 Å². The Balaban J connectivity index is 2.07. The van der Waals surface area contributed by atoms with Crippen molar-refractivity contribution in [1.82, 2.24) is 0 Å². The number of hydrogen-bond acceptors (Lipinski definition) is 3. The van der Waals surface area contributed by atoms with Gasteiger partial charge in [-0.25, -0.2) is 0 Å². The van der Waals surface area contributed by atoms with Gasteiger partial charge >= 0.3 is 11.8 Å². The lowest BCUT2D eigenvalue weighted by molar-refractivity contribution is -0.133. The Bertz CT molecular complexity index is 735. The summed E-state index contributed by atoms with van der Waals surface area (Å²) in [5.41, 5.74) is 0.714. The molecule has 0 aliphatic carbocycles. The van der Waals surface area contributed by atoms with Gasteiger partial charge in [0.1, 0.15) is 5.75 Å². The summed E-state index contributed by atoms with van der Waals surface area (Å²) in [6.07, 6.45) is 0. The zero-order valence-electron chi connectivity index (χ0n) is 12.2. The highest BCUT2D eigenvalue weighted by atomic mass is 35.5. The Morgan fingerprint density at radius 2 is 1.65 bits per heavy atom. The Morgan fingerprint density at radius 1 is 1.00 bits per heavy atom. The van der Waals surface area contributed by atoms with Crippen molar-refractivity contribution in [2.24, 2.45) is 0 Å². The van der Waals surface area contributed by atoms with Gasteiger partial charge < -0.3 is 15.4 Å². The highest BCUT2D eigenvalue weighted by molar-refractivity contribution is 6.45. The number of nitrogens with one attached hydrogen (secondary N) is 2. The normalized spacial score (nSPS) is 10.0. The van der Waals surface area contributed by atoms with Gasteiger partial charge in [-0.15, -0.1) is 0 Å². The van der Waals surface area contributed by atoms with Crippen molar-refractivity contribution >= 4 is 46.4 Å². The molecule has 2 rings (SSSR count). The summed E-state index contributed by atoms with van der Waals surface area (Å²) in [6.45, 7) is 2.27. The second-order valence-electron chi connectivity index (χ2n) is 4.46. The molecular formula is C16H14Cl2N2O3. The topological polar surface area (TPSA) is 67.4 Å². The van der Waals surface area contributed by atoms with Gasteiger partial charge in [0, 0.05) is 5.02 Å². The second kappa shape index (κ2) is 7.85. The summed E-state index contributed by atoms with van der Waals surface area (Å²) in [6, 6.07) is 11.4. The first-order chi connectivity index (χ1) is 11.0. The number of halogens is 2. The number of carbonyl (C=O) groups is 2. The third-order valence-electron chi connectivity index (χ3n) is 2.82. The molecule has 0 radical (unpaired) electrons. The summed E-state index contributed by atoms with van der Waals surface area (Å²) in [4.78, 5) is 24.0. The van der Waals surface area contributed by atoms with E-state index in [9.17, 15) is 9.59 Å². The van der Waals surface area contributed by atoms with Crippen molar-refractivity contribution in [3.05, 3.63) is 52.5 Å². The molecule has 120 valence electrons. The van der Waals surface area contributed by atoms with Crippen LogP contribution in [0.5, 0.6) is 5.75 Å². The van der Waals surface area contributed by atoms with E-state index in [0.717, 1.165) is 0 Å². The standard InChI is InChI=1S/C16H14Cl2N2O3/c1-2-23-14-6-4-3-5-13(14)20-16(22)15(21)19-12-8-7-10(17)9-11(12)18/h3-9H,2H2,1H3,(H,19,21)(H,20,22). The second-order valence-corrected chi connectivity index (χ2v) is 5.31. The number of carbonyl (C=O) groups excluding carboxylic acids is 2. The molecule has 0 fully saturated rings. The van der Waals surface area contributed by atoms with Gasteiger partial charge in [0.15, 0.2) is 0 Å². The quantitative estimate of drug-likeness (QED) is 0.818. The average molecular weight is 353 g/mol. The molecule has 23 heavy (non-hydrogen) atoms. The van der Waals surface area contributed by atoms with Crippen LogP contribution in [0.1, 0.15) is 6.92 Å². The number of hydrogen-bond donors (Lipinski definition) is 2. The van der Waals surface area contributed by atoms with Crippen LogP contribution in [-0.2, 0) is 9.59 Å². The van der Waals surface area contributed by atoms with Gasteiger partial charge in [-0.2, -0.15) is 0 Å². The van der Waals surface area contributed by atoms with Crippen LogP contribution in [0.4, 0.5) is 11.4 Å². The fraction of sp³-hybridized carbons (Fsp3) is 0.125. The number of ether oxygens (including phenoxy) is 1. The number of rotatable bonds is 4. The Labute approximate surface area is 143 Å². The number of benzene rings is 2. The van der Waals surface area contributed by atoms with E-state index in [1.807, 2.05) is 6.92 Å². The number of anilines is 2. The van der Waals surface area contributed by atoms with Crippen LogP contribution in [0, 0.1) is 0 Å². The summed E-state index contributed by atoms with van der Waals surface area (Å²) < 4.78 is 5.39. The Kier molecular flexibility index (Phi) is 5.84. The molecule has 0 atom stereocenters. The summed E-state index contributed by atoms with van der Waals surface area (Å²) in [5, 5.41) is 5.60. The minimum atomic E-state index is -0.847. The van der Waals surface area contributed by atoms with Gasteiger partial charge in [0.25, 0.3) is 0 Å². The van der Waals surface area contributed by atoms with E-state index in [4.69, 9.17) is 27.9 Å². The lowest BCUT2D eigenvalue weighted by atomic mass is 10.3. The molecule has 0 unspecified atom stereocenters. The molecule has 0 aliphatic rings. The van der Waals surface area contributed by atoms with Crippen LogP contribution in [-0.4, -0.2) is 18.4 Å². The van der Waals surface area contributed by atoms with Crippen molar-refractivity contribution in [1.29, 1.82) is 0 Å². The lowest BCUT2D eigenvalue weighted by Gasteiger charge is -2.11. The van der Waals surface area contributed by atoms with Crippen molar-refractivity contribution in [2.75, 3.05) is 17.2 Å². The monoisotopic (exact) mass is 352 g/mol. The van der Waals surface area contributed by atoms with Crippen LogP contribution in [0.25, 0.3) is 0 Å². The molecule has 0 aromatic heterocycles. The van der Waals surface area contributed by atoms with Crippen molar-refractivity contribution in [3.8, 4) is 5.75 Å². The van der Waals surface area contributed by atoms with E-state index in [0.29, 0.717) is 28.8 Å². The van der Waals surface area contributed by atoms with E-state index in [-0.39, 0.29) is 5.02 Å². The van der Waals surface area contributed by atoms with E-state index in [1.54, 1.807) is 30.3 Å². The molecule has 2 N–H and O–H groups in total. The van der Waals surface area contributed by atoms with Crippen LogP contribution in [0.2, 0.25) is 10.0 Å². The van der Waals surface area contributed by atoms with Crippen LogP contribution >= 0.6 is 23.2 Å².